The molecule has 20 heavy (non-hydrogen) atoms. The van der Waals surface area contributed by atoms with Gasteiger partial charge in [0.1, 0.15) is 0 Å². The lowest BCUT2D eigenvalue weighted by molar-refractivity contribution is -0.139. The van der Waals surface area contributed by atoms with Crippen molar-refractivity contribution in [3.8, 4) is 0 Å². The number of hydrogen-bond acceptors (Lipinski definition) is 2. The Bertz CT molecular complexity index is 396. The van der Waals surface area contributed by atoms with E-state index in [1.165, 1.54) is 32.1 Å². The lowest BCUT2D eigenvalue weighted by Gasteiger charge is -2.53. The Hall–Kier alpha value is -1.06. The summed E-state index contributed by atoms with van der Waals surface area (Å²) in [6, 6.07) is 0.150. The summed E-state index contributed by atoms with van der Waals surface area (Å²) in [4.78, 5) is 23.8. The van der Waals surface area contributed by atoms with E-state index >= 15 is 0 Å². The van der Waals surface area contributed by atoms with Gasteiger partial charge in [0.2, 0.25) is 11.8 Å². The van der Waals surface area contributed by atoms with E-state index in [1.54, 1.807) is 0 Å². The van der Waals surface area contributed by atoms with Crippen LogP contribution in [-0.4, -0.2) is 24.4 Å². The van der Waals surface area contributed by atoms with Crippen LogP contribution in [0.1, 0.15) is 44.9 Å². The predicted molar refractivity (Wildman–Crippen MR) is 74.7 cm³/mol. The number of carbonyl (C=O) groups is 2. The quantitative estimate of drug-likeness (QED) is 0.802. The number of amides is 2. The minimum atomic E-state index is 0.116. The molecule has 5 fully saturated rings. The first-order valence-electron chi connectivity index (χ1n) is 8.26. The zero-order valence-corrected chi connectivity index (χ0v) is 11.9. The molecule has 0 aromatic rings. The van der Waals surface area contributed by atoms with Crippen LogP contribution in [0.25, 0.3) is 0 Å². The Kier molecular flexibility index (Phi) is 3.00. The van der Waals surface area contributed by atoms with E-state index < -0.39 is 0 Å². The average Bonchev–Trinajstić information content (AvgIpc) is 2.40. The van der Waals surface area contributed by atoms with Crippen molar-refractivity contribution in [1.29, 1.82) is 0 Å². The van der Waals surface area contributed by atoms with Gasteiger partial charge in [-0.1, -0.05) is 0 Å². The van der Waals surface area contributed by atoms with Crippen LogP contribution >= 0.6 is 0 Å². The Labute approximate surface area is 120 Å². The van der Waals surface area contributed by atoms with Crippen molar-refractivity contribution in [3.05, 3.63) is 0 Å². The third kappa shape index (κ3) is 2.13. The monoisotopic (exact) mass is 276 g/mol. The molecule has 2 amide bonds. The first-order chi connectivity index (χ1) is 9.69. The fourth-order valence-electron chi connectivity index (χ4n) is 5.51. The van der Waals surface area contributed by atoms with Crippen LogP contribution in [-0.2, 0) is 9.59 Å². The first kappa shape index (κ1) is 12.7. The van der Waals surface area contributed by atoms with Gasteiger partial charge < -0.3 is 10.6 Å². The Morgan fingerprint density at radius 2 is 1.70 bits per heavy atom. The molecule has 0 aromatic carbocycles. The van der Waals surface area contributed by atoms with Gasteiger partial charge in [-0.05, 0) is 62.2 Å². The third-order valence-corrected chi connectivity index (χ3v) is 6.14. The van der Waals surface area contributed by atoms with Crippen LogP contribution in [0.2, 0.25) is 0 Å². The second kappa shape index (κ2) is 4.74. The van der Waals surface area contributed by atoms with E-state index in [-0.39, 0.29) is 23.8 Å². The van der Waals surface area contributed by atoms with Gasteiger partial charge in [0.25, 0.3) is 0 Å². The van der Waals surface area contributed by atoms with E-state index in [0.717, 1.165) is 18.3 Å². The smallest absolute Gasteiger partial charge is 0.223 e. The van der Waals surface area contributed by atoms with Crippen LogP contribution in [0.15, 0.2) is 0 Å². The van der Waals surface area contributed by atoms with E-state index in [9.17, 15) is 9.59 Å². The van der Waals surface area contributed by atoms with Crippen LogP contribution < -0.4 is 10.6 Å². The highest BCUT2D eigenvalue weighted by Crippen LogP contribution is 2.56. The fraction of sp³-hybridized carbons (Fsp3) is 0.875. The van der Waals surface area contributed by atoms with E-state index in [4.69, 9.17) is 0 Å². The van der Waals surface area contributed by atoms with Crippen molar-refractivity contribution in [2.24, 2.45) is 29.6 Å². The molecule has 110 valence electrons. The van der Waals surface area contributed by atoms with Crippen molar-refractivity contribution < 1.29 is 9.59 Å². The lowest BCUT2D eigenvalue weighted by Crippen LogP contribution is -2.55. The maximum Gasteiger partial charge on any atom is 0.223 e. The second-order valence-electron chi connectivity index (χ2n) is 7.50. The molecule has 4 saturated carbocycles. The Morgan fingerprint density at radius 3 is 2.25 bits per heavy atom. The molecule has 2 N–H and O–H groups in total. The molecule has 1 heterocycles. The summed E-state index contributed by atoms with van der Waals surface area (Å²) in [7, 11) is 0. The second-order valence-corrected chi connectivity index (χ2v) is 7.50. The van der Waals surface area contributed by atoms with Crippen molar-refractivity contribution in [2.45, 2.75) is 51.0 Å². The van der Waals surface area contributed by atoms with Gasteiger partial charge in [-0.25, -0.2) is 0 Å². The fourth-order valence-corrected chi connectivity index (χ4v) is 5.51. The number of nitrogens with one attached hydrogen (secondary N) is 2. The van der Waals surface area contributed by atoms with Crippen LogP contribution in [0.5, 0.6) is 0 Å². The summed E-state index contributed by atoms with van der Waals surface area (Å²) in [5.74, 6) is 3.77. The average molecular weight is 276 g/mol. The molecule has 4 bridgehead atoms. The summed E-state index contributed by atoms with van der Waals surface area (Å²) in [5.41, 5.74) is 0. The SMILES string of the molecule is O=C1CCC(NC(=O)C2C3CC4CC(C3)CC2C4)CN1. The van der Waals surface area contributed by atoms with E-state index in [0.29, 0.717) is 24.8 Å². The molecule has 4 nitrogen and oxygen atoms in total. The number of piperidine rings is 1. The van der Waals surface area contributed by atoms with Gasteiger partial charge in [0, 0.05) is 24.9 Å². The molecule has 1 unspecified atom stereocenters. The summed E-state index contributed by atoms with van der Waals surface area (Å²) >= 11 is 0. The molecule has 1 atom stereocenters. The molecule has 5 rings (SSSR count). The Morgan fingerprint density at radius 1 is 1.05 bits per heavy atom. The molecule has 4 aliphatic carbocycles. The van der Waals surface area contributed by atoms with Gasteiger partial charge >= 0.3 is 0 Å². The first-order valence-corrected chi connectivity index (χ1v) is 8.26. The summed E-state index contributed by atoms with van der Waals surface area (Å²) in [5, 5.41) is 6.06. The maximum atomic E-state index is 12.7. The van der Waals surface area contributed by atoms with Crippen molar-refractivity contribution in [3.63, 3.8) is 0 Å². The number of rotatable bonds is 2. The molecule has 5 aliphatic rings. The Balaban J connectivity index is 1.40. The van der Waals surface area contributed by atoms with Gasteiger partial charge in [0.05, 0.1) is 0 Å². The molecule has 0 aromatic heterocycles. The molecule has 0 radical (unpaired) electrons. The molecular formula is C16H24N2O2. The van der Waals surface area contributed by atoms with Crippen LogP contribution in [0, 0.1) is 29.6 Å². The largest absolute Gasteiger partial charge is 0.354 e. The van der Waals surface area contributed by atoms with Crippen molar-refractivity contribution in [2.75, 3.05) is 6.54 Å². The van der Waals surface area contributed by atoms with Gasteiger partial charge in [-0.2, -0.15) is 0 Å². The topological polar surface area (TPSA) is 58.2 Å². The minimum Gasteiger partial charge on any atom is -0.354 e. The highest BCUT2D eigenvalue weighted by molar-refractivity contribution is 5.81. The summed E-state index contributed by atoms with van der Waals surface area (Å²) in [6.07, 6.45) is 7.91. The highest BCUT2D eigenvalue weighted by atomic mass is 16.2. The standard InChI is InChI=1S/C16H24N2O2/c19-14-2-1-13(8-17-14)18-16(20)15-11-4-9-3-10(6-11)7-12(15)5-9/h9-13,15H,1-8H2,(H,17,19)(H,18,20). The van der Waals surface area contributed by atoms with E-state index in [1.807, 2.05) is 0 Å². The van der Waals surface area contributed by atoms with Gasteiger partial charge in [-0.3, -0.25) is 9.59 Å². The van der Waals surface area contributed by atoms with Crippen LogP contribution in [0.3, 0.4) is 0 Å². The maximum absolute atomic E-state index is 12.7. The predicted octanol–water partition coefficient (Wildman–Crippen LogP) is 1.45. The van der Waals surface area contributed by atoms with Gasteiger partial charge in [-0.15, -0.1) is 0 Å². The molecule has 1 saturated heterocycles. The molecular weight excluding hydrogens is 252 g/mol. The molecule has 1 aliphatic heterocycles. The van der Waals surface area contributed by atoms with Crippen molar-refractivity contribution in [1.82, 2.24) is 10.6 Å². The molecule has 4 heteroatoms. The zero-order chi connectivity index (χ0) is 13.7. The number of carbonyl (C=O) groups excluding carboxylic acids is 2. The van der Waals surface area contributed by atoms with Crippen LogP contribution in [0.4, 0.5) is 0 Å². The number of hydrogen-bond donors (Lipinski definition) is 2. The van der Waals surface area contributed by atoms with Gasteiger partial charge in [0.15, 0.2) is 0 Å². The summed E-state index contributed by atoms with van der Waals surface area (Å²) in [6.45, 7) is 0.609. The minimum absolute atomic E-state index is 0.116. The summed E-state index contributed by atoms with van der Waals surface area (Å²) < 4.78 is 0. The van der Waals surface area contributed by atoms with Crippen molar-refractivity contribution >= 4 is 11.8 Å². The normalized spacial score (nSPS) is 46.1. The third-order valence-electron chi connectivity index (χ3n) is 6.14. The highest BCUT2D eigenvalue weighted by Gasteiger charge is 2.50. The lowest BCUT2D eigenvalue weighted by atomic mass is 9.51. The van der Waals surface area contributed by atoms with E-state index in [2.05, 4.69) is 10.6 Å². The zero-order valence-electron chi connectivity index (χ0n) is 11.9. The molecule has 0 spiro atoms.